The van der Waals surface area contributed by atoms with Crippen LogP contribution in [0.5, 0.6) is 0 Å². The molecule has 1 aliphatic carbocycles. The Morgan fingerprint density at radius 3 is 2.40 bits per heavy atom. The summed E-state index contributed by atoms with van der Waals surface area (Å²) >= 11 is 0. The molecule has 1 aliphatic rings. The second-order valence-electron chi connectivity index (χ2n) is 5.60. The van der Waals surface area contributed by atoms with Gasteiger partial charge in [-0.15, -0.1) is 0 Å². The van der Waals surface area contributed by atoms with Crippen LogP contribution < -0.4 is 0 Å². The fourth-order valence-corrected chi connectivity index (χ4v) is 2.44. The van der Waals surface area contributed by atoms with Gasteiger partial charge in [-0.2, -0.15) is 0 Å². The minimum absolute atomic E-state index is 0.0864. The maximum atomic E-state index is 10.4. The summed E-state index contributed by atoms with van der Waals surface area (Å²) in [5, 5.41) is 10.4. The van der Waals surface area contributed by atoms with E-state index in [1.165, 1.54) is 0 Å². The van der Waals surface area contributed by atoms with Gasteiger partial charge in [0.05, 0.1) is 18.0 Å². The Morgan fingerprint density at radius 2 is 1.93 bits per heavy atom. The van der Waals surface area contributed by atoms with Crippen LogP contribution in [0.4, 0.5) is 0 Å². The number of allylic oxidation sites excluding steroid dienone is 1. The van der Waals surface area contributed by atoms with Gasteiger partial charge in [0.25, 0.3) is 0 Å². The molecule has 0 aromatic rings. The molecular weight excluding hydrogens is 188 g/mol. The average molecular weight is 212 g/mol. The van der Waals surface area contributed by atoms with Crippen molar-refractivity contribution >= 4 is 0 Å². The highest BCUT2D eigenvalue weighted by molar-refractivity contribution is 5.00. The van der Waals surface area contributed by atoms with E-state index >= 15 is 0 Å². The van der Waals surface area contributed by atoms with E-state index in [1.54, 1.807) is 6.26 Å². The third-order valence-corrected chi connectivity index (χ3v) is 4.09. The van der Waals surface area contributed by atoms with E-state index in [1.807, 2.05) is 19.9 Å². The van der Waals surface area contributed by atoms with Gasteiger partial charge in [-0.25, -0.2) is 0 Å². The predicted molar refractivity (Wildman–Crippen MR) is 62.5 cm³/mol. The van der Waals surface area contributed by atoms with E-state index in [0.29, 0.717) is 0 Å². The molecule has 0 heterocycles. The lowest BCUT2D eigenvalue weighted by atomic mass is 9.61. The molecule has 0 aromatic carbocycles. The third-order valence-electron chi connectivity index (χ3n) is 4.09. The van der Waals surface area contributed by atoms with Gasteiger partial charge in [0.15, 0.2) is 0 Å². The zero-order chi connectivity index (χ0) is 11.7. The largest absolute Gasteiger partial charge is 0.498 e. The molecule has 0 spiro atoms. The Balaban J connectivity index is 2.73. The number of aliphatic hydroxyl groups is 1. The fraction of sp³-hybridized carbons (Fsp3) is 0.846. The molecule has 1 rings (SSSR count). The van der Waals surface area contributed by atoms with Crippen LogP contribution in [-0.4, -0.2) is 16.8 Å². The topological polar surface area (TPSA) is 29.5 Å². The molecule has 2 heteroatoms. The van der Waals surface area contributed by atoms with Crippen molar-refractivity contribution in [2.45, 2.75) is 59.2 Å². The minimum Gasteiger partial charge on any atom is -0.498 e. The van der Waals surface area contributed by atoms with Crippen LogP contribution in [0.15, 0.2) is 12.3 Å². The van der Waals surface area contributed by atoms with Gasteiger partial charge in [0.1, 0.15) is 0 Å². The predicted octanol–water partition coefficient (Wildman–Crippen LogP) is 3.11. The lowest BCUT2D eigenvalue weighted by Gasteiger charge is -2.50. The van der Waals surface area contributed by atoms with Gasteiger partial charge in [-0.1, -0.05) is 26.8 Å². The summed E-state index contributed by atoms with van der Waals surface area (Å²) in [6.45, 7) is 10.2. The Labute approximate surface area is 93.3 Å². The number of rotatable bonds is 2. The second-order valence-corrected chi connectivity index (χ2v) is 5.60. The maximum Gasteiger partial charge on any atom is 0.0988 e. The first-order valence-electron chi connectivity index (χ1n) is 5.80. The van der Waals surface area contributed by atoms with Gasteiger partial charge in [0.2, 0.25) is 0 Å². The summed E-state index contributed by atoms with van der Waals surface area (Å²) in [5.41, 5.74) is -0.681. The van der Waals surface area contributed by atoms with E-state index < -0.39 is 5.60 Å². The Hall–Kier alpha value is -0.500. The summed E-state index contributed by atoms with van der Waals surface area (Å²) in [4.78, 5) is 0. The van der Waals surface area contributed by atoms with Crippen molar-refractivity contribution in [1.29, 1.82) is 0 Å². The van der Waals surface area contributed by atoms with Crippen LogP contribution in [0.3, 0.4) is 0 Å². The lowest BCUT2D eigenvalue weighted by molar-refractivity contribution is -0.149. The summed E-state index contributed by atoms with van der Waals surface area (Å²) in [6.07, 6.45) is 5.75. The van der Waals surface area contributed by atoms with Gasteiger partial charge in [-0.3, -0.25) is 0 Å². The van der Waals surface area contributed by atoms with E-state index in [2.05, 4.69) is 20.8 Å². The molecular formula is C13H24O2. The highest BCUT2D eigenvalue weighted by Crippen LogP contribution is 2.47. The molecule has 2 nitrogen and oxygen atoms in total. The van der Waals surface area contributed by atoms with Crippen LogP contribution in [0, 0.1) is 11.3 Å². The Kier molecular flexibility index (Phi) is 3.49. The first-order chi connectivity index (χ1) is 6.81. The fourth-order valence-electron chi connectivity index (χ4n) is 2.44. The maximum absolute atomic E-state index is 10.4. The van der Waals surface area contributed by atoms with E-state index in [4.69, 9.17) is 4.74 Å². The average Bonchev–Trinajstić information content (AvgIpc) is 2.11. The second kappa shape index (κ2) is 4.17. The smallest absolute Gasteiger partial charge is 0.0988 e. The van der Waals surface area contributed by atoms with Crippen molar-refractivity contribution in [3.8, 4) is 0 Å². The molecule has 15 heavy (non-hydrogen) atoms. The normalized spacial score (nSPS) is 40.7. The van der Waals surface area contributed by atoms with Crippen LogP contribution >= 0.6 is 0 Å². The van der Waals surface area contributed by atoms with E-state index in [9.17, 15) is 5.11 Å². The van der Waals surface area contributed by atoms with E-state index in [0.717, 1.165) is 12.8 Å². The number of hydrogen-bond donors (Lipinski definition) is 1. The molecule has 0 unspecified atom stereocenters. The summed E-state index contributed by atoms with van der Waals surface area (Å²) < 4.78 is 5.64. The molecule has 3 atom stereocenters. The summed E-state index contributed by atoms with van der Waals surface area (Å²) in [7, 11) is 0. The van der Waals surface area contributed by atoms with Crippen LogP contribution in [0.1, 0.15) is 47.5 Å². The van der Waals surface area contributed by atoms with Crippen LogP contribution in [-0.2, 0) is 4.74 Å². The first kappa shape index (κ1) is 12.6. The molecule has 0 bridgehead atoms. The highest BCUT2D eigenvalue weighted by atomic mass is 16.5. The Bertz CT molecular complexity index is 241. The minimum atomic E-state index is -0.594. The van der Waals surface area contributed by atoms with Crippen molar-refractivity contribution in [2.75, 3.05) is 0 Å². The molecule has 1 fully saturated rings. The van der Waals surface area contributed by atoms with Crippen molar-refractivity contribution in [1.82, 2.24) is 0 Å². The van der Waals surface area contributed by atoms with Crippen molar-refractivity contribution in [2.24, 2.45) is 11.3 Å². The molecule has 0 radical (unpaired) electrons. The quantitative estimate of drug-likeness (QED) is 0.713. The molecule has 1 N–H and O–H groups in total. The molecule has 0 saturated heterocycles. The first-order valence-corrected chi connectivity index (χ1v) is 5.80. The lowest BCUT2D eigenvalue weighted by Crippen LogP contribution is -2.53. The van der Waals surface area contributed by atoms with Gasteiger partial charge in [-0.05, 0) is 38.0 Å². The van der Waals surface area contributed by atoms with Crippen LogP contribution in [0.2, 0.25) is 0 Å². The molecule has 1 saturated carbocycles. The zero-order valence-electron chi connectivity index (χ0n) is 10.6. The van der Waals surface area contributed by atoms with Gasteiger partial charge in [0, 0.05) is 0 Å². The van der Waals surface area contributed by atoms with Crippen LogP contribution in [0.25, 0.3) is 0 Å². The summed E-state index contributed by atoms with van der Waals surface area (Å²) in [6, 6.07) is 0. The van der Waals surface area contributed by atoms with Gasteiger partial charge < -0.3 is 9.84 Å². The standard InChI is InChI=1S/C13H24O2/c1-6-7-15-11-8-10(2)13(5,14)12(3,4)9-11/h6-7,10-11,14H,8-9H2,1-5H3/t10-,11-,13+/m0/s1. The van der Waals surface area contributed by atoms with Crippen molar-refractivity contribution < 1.29 is 9.84 Å². The van der Waals surface area contributed by atoms with E-state index in [-0.39, 0.29) is 17.4 Å². The molecule has 0 aliphatic heterocycles. The molecule has 0 aromatic heterocycles. The molecule has 88 valence electrons. The number of ether oxygens (including phenoxy) is 1. The SMILES string of the molecule is CC=CO[C@H]1C[C@H](C)[C@@](C)(O)C(C)(C)C1. The van der Waals surface area contributed by atoms with Crippen molar-refractivity contribution in [3.63, 3.8) is 0 Å². The highest BCUT2D eigenvalue weighted by Gasteiger charge is 2.49. The zero-order valence-corrected chi connectivity index (χ0v) is 10.6. The monoisotopic (exact) mass is 212 g/mol. The Morgan fingerprint density at radius 1 is 1.33 bits per heavy atom. The third kappa shape index (κ3) is 2.36. The number of hydrogen-bond acceptors (Lipinski definition) is 2. The molecule has 0 amide bonds. The van der Waals surface area contributed by atoms with Gasteiger partial charge >= 0.3 is 0 Å². The van der Waals surface area contributed by atoms with Crippen molar-refractivity contribution in [3.05, 3.63) is 12.3 Å². The summed E-state index contributed by atoms with van der Waals surface area (Å²) in [5.74, 6) is 0.275.